The fourth-order valence-electron chi connectivity index (χ4n) is 3.37. The van der Waals surface area contributed by atoms with Crippen molar-refractivity contribution >= 4 is 22.0 Å². The number of carbonyl (C=O) groups is 1. The number of alkyl halides is 2. The van der Waals surface area contributed by atoms with E-state index < -0.39 is 22.5 Å². The van der Waals surface area contributed by atoms with Crippen LogP contribution in [0.25, 0.3) is 6.08 Å². The monoisotopic (exact) mass is 484 g/mol. The Kier molecular flexibility index (Phi) is 7.98. The fraction of sp³-hybridized carbons (Fsp3) is 0.318. The first-order valence-corrected chi connectivity index (χ1v) is 11.5. The van der Waals surface area contributed by atoms with Crippen LogP contribution < -0.4 is 14.2 Å². The molecule has 0 atom stereocenters. The van der Waals surface area contributed by atoms with Crippen LogP contribution >= 0.6 is 0 Å². The lowest BCUT2D eigenvalue weighted by Crippen LogP contribution is -2.46. The summed E-state index contributed by atoms with van der Waals surface area (Å²) in [6, 6.07) is 8.52. The van der Waals surface area contributed by atoms with E-state index >= 15 is 0 Å². The summed E-state index contributed by atoms with van der Waals surface area (Å²) in [7, 11) is -2.46. The fourth-order valence-corrected chi connectivity index (χ4v) is 4.68. The van der Waals surface area contributed by atoms with Crippen molar-refractivity contribution in [1.29, 1.82) is 0 Å². The van der Waals surface area contributed by atoms with E-state index in [9.17, 15) is 26.4 Å². The molecule has 0 aromatic heterocycles. The van der Waals surface area contributed by atoms with E-state index in [2.05, 4.69) is 9.46 Å². The number of sulfonamides is 1. The van der Waals surface area contributed by atoms with E-state index in [1.54, 1.807) is 4.90 Å². The van der Waals surface area contributed by atoms with Crippen molar-refractivity contribution in [2.75, 3.05) is 20.2 Å². The third-order valence-electron chi connectivity index (χ3n) is 5.07. The Morgan fingerprint density at radius 1 is 1.12 bits per heavy atom. The van der Waals surface area contributed by atoms with Gasteiger partial charge in [-0.2, -0.15) is 8.78 Å². The number of piperidine rings is 1. The van der Waals surface area contributed by atoms with Crippen molar-refractivity contribution in [3.63, 3.8) is 0 Å². The van der Waals surface area contributed by atoms with E-state index in [-0.39, 0.29) is 28.3 Å². The molecule has 0 aliphatic carbocycles. The van der Waals surface area contributed by atoms with Crippen molar-refractivity contribution in [1.82, 2.24) is 9.62 Å². The molecule has 0 bridgehead atoms. The lowest BCUT2D eigenvalue weighted by molar-refractivity contribution is -0.126. The molecule has 2 aromatic carbocycles. The Bertz CT molecular complexity index is 1100. The van der Waals surface area contributed by atoms with Crippen LogP contribution in [0.4, 0.5) is 13.2 Å². The normalized spacial score (nSPS) is 15.2. The Hall–Kier alpha value is -3.05. The number of nitrogens with zero attached hydrogens (tertiary/aromatic N) is 1. The maximum Gasteiger partial charge on any atom is 0.387 e. The topological polar surface area (TPSA) is 84.9 Å². The number of methoxy groups -OCH3 is 1. The first-order chi connectivity index (χ1) is 15.7. The van der Waals surface area contributed by atoms with Crippen LogP contribution in [0.5, 0.6) is 11.5 Å². The molecule has 1 aliphatic heterocycles. The lowest BCUT2D eigenvalue weighted by Gasteiger charge is -2.31. The average Bonchev–Trinajstić information content (AvgIpc) is 2.78. The summed E-state index contributed by atoms with van der Waals surface area (Å²) in [5, 5.41) is 0. The summed E-state index contributed by atoms with van der Waals surface area (Å²) in [5.74, 6) is -0.785. The highest BCUT2D eigenvalue weighted by Gasteiger charge is 2.26. The second-order valence-electron chi connectivity index (χ2n) is 7.30. The second kappa shape index (κ2) is 10.7. The van der Waals surface area contributed by atoms with E-state index in [0.717, 1.165) is 12.1 Å². The highest BCUT2D eigenvalue weighted by atomic mass is 32.2. The Morgan fingerprint density at radius 3 is 2.39 bits per heavy atom. The number of likely N-dealkylation sites (tertiary alicyclic amines) is 1. The largest absolute Gasteiger partial charge is 0.493 e. The van der Waals surface area contributed by atoms with Gasteiger partial charge in [0.05, 0.1) is 12.0 Å². The van der Waals surface area contributed by atoms with Gasteiger partial charge < -0.3 is 14.4 Å². The standard InChI is InChI=1S/C22H23F3N2O5S/c1-31-20-14-15(2-8-19(20)32-22(24)25)3-9-21(28)27-12-10-17(11-13-27)26-33(29,30)18-6-4-16(23)5-7-18/h2-9,14,17,22,26H,10-13H2,1H3/b9-3+. The Balaban J connectivity index is 1.55. The summed E-state index contributed by atoms with van der Waals surface area (Å²) in [4.78, 5) is 14.1. The van der Waals surface area contributed by atoms with Gasteiger partial charge in [0.15, 0.2) is 11.5 Å². The quantitative estimate of drug-likeness (QED) is 0.581. The van der Waals surface area contributed by atoms with Gasteiger partial charge in [-0.15, -0.1) is 0 Å². The van der Waals surface area contributed by atoms with Crippen LogP contribution in [0.3, 0.4) is 0 Å². The lowest BCUT2D eigenvalue weighted by atomic mass is 10.1. The first-order valence-electron chi connectivity index (χ1n) is 10.1. The van der Waals surface area contributed by atoms with Gasteiger partial charge in [0, 0.05) is 25.2 Å². The smallest absolute Gasteiger partial charge is 0.387 e. The molecule has 11 heteroatoms. The summed E-state index contributed by atoms with van der Waals surface area (Å²) in [5.41, 5.74) is 0.559. The zero-order valence-corrected chi connectivity index (χ0v) is 18.5. The number of hydrogen-bond donors (Lipinski definition) is 1. The van der Waals surface area contributed by atoms with Gasteiger partial charge in [-0.05, 0) is 60.9 Å². The minimum atomic E-state index is -3.78. The zero-order valence-electron chi connectivity index (χ0n) is 17.7. The van der Waals surface area contributed by atoms with Gasteiger partial charge >= 0.3 is 6.61 Å². The molecule has 0 unspecified atom stereocenters. The molecule has 178 valence electrons. The molecule has 0 saturated carbocycles. The molecule has 3 rings (SSSR count). The molecule has 0 spiro atoms. The van der Waals surface area contributed by atoms with Gasteiger partial charge in [0.1, 0.15) is 5.82 Å². The van der Waals surface area contributed by atoms with Crippen molar-refractivity contribution < 1.29 is 35.9 Å². The van der Waals surface area contributed by atoms with Crippen molar-refractivity contribution in [2.24, 2.45) is 0 Å². The Labute approximate surface area is 189 Å². The highest BCUT2D eigenvalue weighted by molar-refractivity contribution is 7.89. The maximum absolute atomic E-state index is 13.0. The molecular formula is C22H23F3N2O5S. The molecule has 1 aliphatic rings. The molecule has 1 saturated heterocycles. The second-order valence-corrected chi connectivity index (χ2v) is 9.01. The molecule has 1 heterocycles. The van der Waals surface area contributed by atoms with Crippen molar-refractivity contribution in [3.8, 4) is 11.5 Å². The molecule has 33 heavy (non-hydrogen) atoms. The van der Waals surface area contributed by atoms with Crippen LogP contribution in [0.1, 0.15) is 18.4 Å². The molecular weight excluding hydrogens is 461 g/mol. The van der Waals surface area contributed by atoms with E-state index in [1.165, 1.54) is 49.6 Å². The summed E-state index contributed by atoms with van der Waals surface area (Å²) in [6.45, 7) is -2.28. The molecule has 1 amide bonds. The number of hydrogen-bond acceptors (Lipinski definition) is 5. The molecule has 1 N–H and O–H groups in total. The van der Waals surface area contributed by atoms with Gasteiger partial charge in [0.2, 0.25) is 15.9 Å². The Morgan fingerprint density at radius 2 is 1.79 bits per heavy atom. The summed E-state index contributed by atoms with van der Waals surface area (Å²) < 4.78 is 74.7. The number of rotatable bonds is 8. The first kappa shape index (κ1) is 24.6. The molecule has 2 aromatic rings. The van der Waals surface area contributed by atoms with Crippen molar-refractivity contribution in [3.05, 3.63) is 59.9 Å². The van der Waals surface area contributed by atoms with Crippen LogP contribution in [0.15, 0.2) is 53.4 Å². The maximum atomic E-state index is 13.0. The SMILES string of the molecule is COc1cc(/C=C/C(=O)N2CCC(NS(=O)(=O)c3ccc(F)cc3)CC2)ccc1OC(F)F. The summed E-state index contributed by atoms with van der Waals surface area (Å²) >= 11 is 0. The number of carbonyl (C=O) groups excluding carboxylic acids is 1. The van der Waals surface area contributed by atoms with Crippen molar-refractivity contribution in [2.45, 2.75) is 30.4 Å². The average molecular weight is 484 g/mol. The number of benzene rings is 2. The summed E-state index contributed by atoms with van der Waals surface area (Å²) in [6.07, 6.45) is 3.73. The zero-order chi connectivity index (χ0) is 24.0. The van der Waals surface area contributed by atoms with Crippen LogP contribution in [0.2, 0.25) is 0 Å². The number of amides is 1. The van der Waals surface area contributed by atoms with E-state index in [4.69, 9.17) is 4.74 Å². The predicted molar refractivity (Wildman–Crippen MR) is 115 cm³/mol. The van der Waals surface area contributed by atoms with E-state index in [1.807, 2.05) is 0 Å². The third kappa shape index (κ3) is 6.72. The highest BCUT2D eigenvalue weighted by Crippen LogP contribution is 2.30. The van der Waals surface area contributed by atoms with Crippen LogP contribution in [-0.4, -0.2) is 52.1 Å². The molecule has 0 radical (unpaired) electrons. The minimum absolute atomic E-state index is 0.0225. The third-order valence-corrected chi connectivity index (χ3v) is 6.61. The van der Waals surface area contributed by atoms with Gasteiger partial charge in [-0.25, -0.2) is 17.5 Å². The van der Waals surface area contributed by atoms with Crippen LogP contribution in [-0.2, 0) is 14.8 Å². The van der Waals surface area contributed by atoms with E-state index in [0.29, 0.717) is 31.5 Å². The van der Waals surface area contributed by atoms with Gasteiger partial charge in [0.25, 0.3) is 0 Å². The molecule has 7 nitrogen and oxygen atoms in total. The van der Waals surface area contributed by atoms with Crippen LogP contribution in [0, 0.1) is 5.82 Å². The van der Waals surface area contributed by atoms with Gasteiger partial charge in [-0.1, -0.05) is 6.07 Å². The number of halogens is 3. The van der Waals surface area contributed by atoms with Gasteiger partial charge in [-0.3, -0.25) is 4.79 Å². The minimum Gasteiger partial charge on any atom is -0.493 e. The number of ether oxygens (including phenoxy) is 2. The predicted octanol–water partition coefficient (Wildman–Crippen LogP) is 3.42. The number of nitrogens with one attached hydrogen (secondary N) is 1. The molecule has 1 fully saturated rings.